The molecule has 1 aliphatic heterocycles. The molecule has 0 saturated heterocycles. The van der Waals surface area contributed by atoms with E-state index < -0.39 is 5.54 Å². The van der Waals surface area contributed by atoms with Gasteiger partial charge in [0.1, 0.15) is 5.75 Å². The average Bonchev–Trinajstić information content (AvgIpc) is 2.73. The summed E-state index contributed by atoms with van der Waals surface area (Å²) in [6.07, 6.45) is 0.786. The molecular weight excluding hydrogens is 429 g/mol. The highest BCUT2D eigenvalue weighted by atomic mass is 35.5. The largest absolute Gasteiger partial charge is 0.482 e. The standard InChI is InChI=1S/C26H25Cl2NO2/c1-25(2)17-26(3,18-9-5-4-6-10-18)20-11-7-8-12-22(20)29(25)24(30)16-31-23-14-13-19(27)15-21(23)28/h4-15H,16-17H2,1-3H3/t26-/m0/s1. The van der Waals surface area contributed by atoms with Crippen LogP contribution in [0.5, 0.6) is 5.75 Å². The van der Waals surface area contributed by atoms with E-state index in [0.29, 0.717) is 15.8 Å². The van der Waals surface area contributed by atoms with Gasteiger partial charge >= 0.3 is 0 Å². The monoisotopic (exact) mass is 453 g/mol. The first-order chi connectivity index (χ1) is 14.7. The van der Waals surface area contributed by atoms with E-state index in [1.807, 2.05) is 29.2 Å². The number of ether oxygens (including phenoxy) is 1. The number of nitrogens with zero attached hydrogens (tertiary/aromatic N) is 1. The Balaban J connectivity index is 1.69. The second-order valence-electron chi connectivity index (χ2n) is 8.80. The molecule has 0 fully saturated rings. The van der Waals surface area contributed by atoms with Gasteiger partial charge in [-0.1, -0.05) is 78.7 Å². The maximum atomic E-state index is 13.4. The van der Waals surface area contributed by atoms with Crippen LogP contribution in [0, 0.1) is 0 Å². The molecule has 5 heteroatoms. The molecule has 160 valence electrons. The maximum Gasteiger partial charge on any atom is 0.265 e. The molecule has 0 unspecified atom stereocenters. The fourth-order valence-electron chi connectivity index (χ4n) is 4.83. The van der Waals surface area contributed by atoms with Crippen LogP contribution in [0.3, 0.4) is 0 Å². The summed E-state index contributed by atoms with van der Waals surface area (Å²) in [6.45, 7) is 6.37. The van der Waals surface area contributed by atoms with Gasteiger partial charge in [-0.15, -0.1) is 0 Å². The third-order valence-corrected chi connectivity index (χ3v) is 6.57. The molecule has 1 aliphatic rings. The number of rotatable bonds is 4. The Bertz CT molecular complexity index is 1110. The molecule has 1 amide bonds. The Hall–Kier alpha value is -2.49. The molecule has 0 saturated carbocycles. The van der Waals surface area contributed by atoms with Crippen molar-refractivity contribution in [2.24, 2.45) is 0 Å². The molecule has 31 heavy (non-hydrogen) atoms. The topological polar surface area (TPSA) is 29.5 Å². The Morgan fingerprint density at radius 2 is 1.65 bits per heavy atom. The van der Waals surface area contributed by atoms with Crippen molar-refractivity contribution in [1.29, 1.82) is 0 Å². The number of amides is 1. The van der Waals surface area contributed by atoms with Gasteiger partial charge in [0, 0.05) is 21.7 Å². The summed E-state index contributed by atoms with van der Waals surface area (Å²) >= 11 is 12.2. The third-order valence-electron chi connectivity index (χ3n) is 6.04. The molecule has 0 aromatic heterocycles. The van der Waals surface area contributed by atoms with Crippen molar-refractivity contribution in [3.8, 4) is 5.75 Å². The molecule has 0 N–H and O–H groups in total. The van der Waals surface area contributed by atoms with Crippen LogP contribution < -0.4 is 9.64 Å². The van der Waals surface area contributed by atoms with Crippen LogP contribution in [0.1, 0.15) is 38.3 Å². The molecule has 0 radical (unpaired) electrons. The fourth-order valence-corrected chi connectivity index (χ4v) is 5.30. The van der Waals surface area contributed by atoms with Crippen LogP contribution in [-0.2, 0) is 10.2 Å². The zero-order chi connectivity index (χ0) is 22.2. The van der Waals surface area contributed by atoms with Gasteiger partial charge in [0.2, 0.25) is 0 Å². The van der Waals surface area contributed by atoms with Crippen molar-refractivity contribution in [2.75, 3.05) is 11.5 Å². The predicted molar refractivity (Wildman–Crippen MR) is 127 cm³/mol. The first-order valence-corrected chi connectivity index (χ1v) is 11.0. The highest BCUT2D eigenvalue weighted by Crippen LogP contribution is 2.50. The van der Waals surface area contributed by atoms with Gasteiger partial charge in [0.15, 0.2) is 6.61 Å². The zero-order valence-electron chi connectivity index (χ0n) is 17.9. The number of anilines is 1. The highest BCUT2D eigenvalue weighted by Gasteiger charge is 2.47. The first kappa shape index (κ1) is 21.7. The summed E-state index contributed by atoms with van der Waals surface area (Å²) in [5.74, 6) is 0.329. The molecule has 1 heterocycles. The van der Waals surface area contributed by atoms with E-state index >= 15 is 0 Å². The van der Waals surface area contributed by atoms with Crippen LogP contribution >= 0.6 is 23.2 Å². The summed E-state index contributed by atoms with van der Waals surface area (Å²) in [4.78, 5) is 15.3. The quantitative estimate of drug-likeness (QED) is 0.430. The van der Waals surface area contributed by atoms with Crippen molar-refractivity contribution in [2.45, 2.75) is 38.1 Å². The van der Waals surface area contributed by atoms with Crippen molar-refractivity contribution < 1.29 is 9.53 Å². The highest BCUT2D eigenvalue weighted by molar-refractivity contribution is 6.35. The molecule has 4 rings (SSSR count). The summed E-state index contributed by atoms with van der Waals surface area (Å²) in [5, 5.41) is 0.908. The summed E-state index contributed by atoms with van der Waals surface area (Å²) < 4.78 is 5.77. The lowest BCUT2D eigenvalue weighted by molar-refractivity contribution is -0.121. The molecule has 3 nitrogen and oxygen atoms in total. The smallest absolute Gasteiger partial charge is 0.265 e. The maximum absolute atomic E-state index is 13.4. The third kappa shape index (κ3) is 4.05. The number of hydrogen-bond donors (Lipinski definition) is 0. The minimum atomic E-state index is -0.414. The average molecular weight is 454 g/mol. The first-order valence-electron chi connectivity index (χ1n) is 10.3. The SMILES string of the molecule is CC1(C)C[C@@](C)(c2ccccc2)c2ccccc2N1C(=O)COc1ccc(Cl)cc1Cl. The number of benzene rings is 3. The lowest BCUT2D eigenvalue weighted by Gasteiger charge is -2.51. The van der Waals surface area contributed by atoms with Crippen LogP contribution in [0.15, 0.2) is 72.8 Å². The van der Waals surface area contributed by atoms with Crippen molar-refractivity contribution in [1.82, 2.24) is 0 Å². The van der Waals surface area contributed by atoms with Gasteiger partial charge < -0.3 is 9.64 Å². The molecule has 0 bridgehead atoms. The number of fused-ring (bicyclic) bond motifs is 1. The van der Waals surface area contributed by atoms with Gasteiger partial charge in [0.05, 0.1) is 5.02 Å². The molecule has 0 aliphatic carbocycles. The van der Waals surface area contributed by atoms with Crippen molar-refractivity contribution >= 4 is 34.8 Å². The van der Waals surface area contributed by atoms with Crippen LogP contribution in [0.2, 0.25) is 10.0 Å². The number of hydrogen-bond acceptors (Lipinski definition) is 2. The number of halogens is 2. The van der Waals surface area contributed by atoms with E-state index in [2.05, 4.69) is 51.1 Å². The van der Waals surface area contributed by atoms with Crippen molar-refractivity contribution in [3.63, 3.8) is 0 Å². The fraction of sp³-hybridized carbons (Fsp3) is 0.269. The Morgan fingerprint density at radius 1 is 0.968 bits per heavy atom. The Kier molecular flexibility index (Phi) is 5.76. The summed E-state index contributed by atoms with van der Waals surface area (Å²) in [7, 11) is 0. The van der Waals surface area contributed by atoms with E-state index in [4.69, 9.17) is 27.9 Å². The second kappa shape index (κ2) is 8.22. The van der Waals surface area contributed by atoms with Gasteiger partial charge in [-0.25, -0.2) is 0 Å². The van der Waals surface area contributed by atoms with E-state index in [1.165, 1.54) is 5.56 Å². The van der Waals surface area contributed by atoms with Crippen LogP contribution in [-0.4, -0.2) is 18.1 Å². The van der Waals surface area contributed by atoms with Gasteiger partial charge in [-0.05, 0) is 55.7 Å². The zero-order valence-corrected chi connectivity index (χ0v) is 19.4. The minimum absolute atomic E-state index is 0.110. The summed E-state index contributed by atoms with van der Waals surface area (Å²) in [5.41, 5.74) is 2.67. The van der Waals surface area contributed by atoms with Gasteiger partial charge in [-0.2, -0.15) is 0 Å². The molecule has 1 atom stereocenters. The van der Waals surface area contributed by atoms with E-state index in [1.54, 1.807) is 18.2 Å². The van der Waals surface area contributed by atoms with Gasteiger partial charge in [0.25, 0.3) is 5.91 Å². The number of carbonyl (C=O) groups is 1. The summed E-state index contributed by atoms with van der Waals surface area (Å²) in [6, 6.07) is 23.6. The lowest BCUT2D eigenvalue weighted by atomic mass is 9.65. The molecular formula is C26H25Cl2NO2. The Morgan fingerprint density at radius 3 is 2.35 bits per heavy atom. The molecule has 0 spiro atoms. The number of carbonyl (C=O) groups excluding carboxylic acids is 1. The molecule has 3 aromatic carbocycles. The van der Waals surface area contributed by atoms with E-state index in [0.717, 1.165) is 17.7 Å². The minimum Gasteiger partial charge on any atom is -0.482 e. The van der Waals surface area contributed by atoms with Crippen LogP contribution in [0.25, 0.3) is 0 Å². The lowest BCUT2D eigenvalue weighted by Crippen LogP contribution is -2.57. The number of para-hydroxylation sites is 1. The molecule has 3 aromatic rings. The van der Waals surface area contributed by atoms with E-state index in [9.17, 15) is 4.79 Å². The Labute approximate surface area is 193 Å². The van der Waals surface area contributed by atoms with Gasteiger partial charge in [-0.3, -0.25) is 4.79 Å². The second-order valence-corrected chi connectivity index (χ2v) is 9.64. The van der Waals surface area contributed by atoms with Crippen molar-refractivity contribution in [3.05, 3.63) is 94.0 Å². The van der Waals surface area contributed by atoms with Crippen LogP contribution in [0.4, 0.5) is 5.69 Å². The van der Waals surface area contributed by atoms with E-state index in [-0.39, 0.29) is 17.9 Å². The normalized spacial score (nSPS) is 19.6. The predicted octanol–water partition coefficient (Wildman–Crippen LogP) is 6.89.